The molecule has 0 unspecified atom stereocenters. The van der Waals surface area contributed by atoms with Crippen molar-refractivity contribution < 1.29 is 19.1 Å². The molecule has 0 N–H and O–H groups in total. The highest BCUT2D eigenvalue weighted by Gasteiger charge is 2.30. The average molecular weight is 318 g/mol. The van der Waals surface area contributed by atoms with E-state index in [1.165, 1.54) is 6.08 Å². The molecule has 1 heterocycles. The molecule has 23 heavy (non-hydrogen) atoms. The second-order valence-electron chi connectivity index (χ2n) is 6.76. The number of ketones is 2. The monoisotopic (exact) mass is 318 g/mol. The third-order valence-corrected chi connectivity index (χ3v) is 4.68. The van der Waals surface area contributed by atoms with Crippen LogP contribution >= 0.6 is 0 Å². The molecule has 1 fully saturated rings. The summed E-state index contributed by atoms with van der Waals surface area (Å²) in [6.07, 6.45) is 8.60. The molecule has 1 aliphatic carbocycles. The zero-order valence-corrected chi connectivity index (χ0v) is 14.1. The maximum absolute atomic E-state index is 12.1. The van der Waals surface area contributed by atoms with Gasteiger partial charge in [-0.3, -0.25) is 14.4 Å². The third kappa shape index (κ3) is 5.45. The summed E-state index contributed by atoms with van der Waals surface area (Å²) >= 11 is 0. The summed E-state index contributed by atoms with van der Waals surface area (Å²) < 4.78 is 5.57. The fourth-order valence-corrected chi connectivity index (χ4v) is 3.48. The van der Waals surface area contributed by atoms with Gasteiger partial charge in [-0.25, -0.2) is 0 Å². The topological polar surface area (TPSA) is 60.4 Å². The third-order valence-electron chi connectivity index (χ3n) is 4.68. The molecule has 0 bridgehead atoms. The molecule has 1 aliphatic heterocycles. The Hall–Kier alpha value is -1.71. The molecule has 0 aromatic carbocycles. The van der Waals surface area contributed by atoms with Crippen molar-refractivity contribution in [2.24, 2.45) is 5.92 Å². The molecule has 0 spiro atoms. The van der Waals surface area contributed by atoms with Gasteiger partial charge in [0.25, 0.3) is 0 Å². The lowest BCUT2D eigenvalue weighted by Crippen LogP contribution is -2.31. The summed E-state index contributed by atoms with van der Waals surface area (Å²) in [7, 11) is 0. The van der Waals surface area contributed by atoms with Crippen LogP contribution in [0.25, 0.3) is 0 Å². The van der Waals surface area contributed by atoms with E-state index in [-0.39, 0.29) is 30.0 Å². The van der Waals surface area contributed by atoms with Crippen LogP contribution < -0.4 is 0 Å². The fraction of sp³-hybridized carbons (Fsp3) is 0.632. The molecule has 0 radical (unpaired) electrons. The largest absolute Gasteiger partial charge is 0.461 e. The van der Waals surface area contributed by atoms with E-state index in [4.69, 9.17) is 4.74 Å². The Bertz CT molecular complexity index is 542. The van der Waals surface area contributed by atoms with Crippen molar-refractivity contribution in [1.82, 2.24) is 0 Å². The SMILES string of the molecule is C/C1=C/C(=O)CC(=O)O[C@H]2CCCC[C@@H]2/C(C)=C/C(=O)CCC1. The van der Waals surface area contributed by atoms with Crippen LogP contribution in [0.3, 0.4) is 0 Å². The van der Waals surface area contributed by atoms with Gasteiger partial charge in [0.2, 0.25) is 0 Å². The Morgan fingerprint density at radius 1 is 0.913 bits per heavy atom. The Balaban J connectivity index is 2.20. The molecule has 0 aromatic heterocycles. The zero-order chi connectivity index (χ0) is 16.8. The predicted octanol–water partition coefficient (Wildman–Crippen LogP) is 3.69. The van der Waals surface area contributed by atoms with Crippen molar-refractivity contribution in [3.63, 3.8) is 0 Å². The first kappa shape index (κ1) is 17.6. The fourth-order valence-electron chi connectivity index (χ4n) is 3.48. The summed E-state index contributed by atoms with van der Waals surface area (Å²) in [5.41, 5.74) is 1.91. The normalized spacial score (nSPS) is 32.7. The molecule has 126 valence electrons. The molecule has 1 saturated carbocycles. The summed E-state index contributed by atoms with van der Waals surface area (Å²) in [6, 6.07) is 0. The van der Waals surface area contributed by atoms with Gasteiger partial charge in [0, 0.05) is 12.3 Å². The first-order valence-corrected chi connectivity index (χ1v) is 8.56. The Kier molecular flexibility index (Phi) is 6.31. The maximum atomic E-state index is 12.1. The van der Waals surface area contributed by atoms with Crippen LogP contribution in [0, 0.1) is 5.92 Å². The van der Waals surface area contributed by atoms with E-state index in [0.717, 1.165) is 43.3 Å². The number of carbonyl (C=O) groups excluding carboxylic acids is 3. The standard InChI is InChI=1S/C19H26O4/c1-13-6-5-7-15(20)11-14(2)17-8-3-4-9-18(17)23-19(22)12-16(21)10-13/h10-11,17-18H,3-9,12H2,1-2H3/b13-10-,14-11+/t17-,18+/m1/s1. The van der Waals surface area contributed by atoms with Crippen LogP contribution in [0.5, 0.6) is 0 Å². The molecular formula is C19H26O4. The number of fused-ring (bicyclic) bond motifs is 1. The second kappa shape index (κ2) is 8.23. The zero-order valence-electron chi connectivity index (χ0n) is 14.1. The van der Waals surface area contributed by atoms with E-state index in [0.29, 0.717) is 12.8 Å². The quantitative estimate of drug-likeness (QED) is 0.505. The van der Waals surface area contributed by atoms with Crippen molar-refractivity contribution in [3.05, 3.63) is 23.3 Å². The van der Waals surface area contributed by atoms with Crippen LogP contribution in [0.2, 0.25) is 0 Å². The molecule has 4 nitrogen and oxygen atoms in total. The average Bonchev–Trinajstić information content (AvgIpc) is 2.46. The highest BCUT2D eigenvalue weighted by molar-refractivity contribution is 6.02. The van der Waals surface area contributed by atoms with Crippen molar-refractivity contribution in [2.45, 2.75) is 71.3 Å². The van der Waals surface area contributed by atoms with Gasteiger partial charge in [-0.05, 0) is 58.1 Å². The van der Waals surface area contributed by atoms with E-state index < -0.39 is 5.97 Å². The lowest BCUT2D eigenvalue weighted by Gasteiger charge is -2.32. The first-order valence-electron chi connectivity index (χ1n) is 8.56. The number of hydrogen-bond donors (Lipinski definition) is 0. The Morgan fingerprint density at radius 2 is 1.65 bits per heavy atom. The maximum Gasteiger partial charge on any atom is 0.313 e. The first-order chi connectivity index (χ1) is 11.0. The van der Waals surface area contributed by atoms with E-state index in [1.807, 2.05) is 13.8 Å². The van der Waals surface area contributed by atoms with Gasteiger partial charge in [-0.2, -0.15) is 0 Å². The molecule has 2 rings (SSSR count). The number of hydrogen-bond acceptors (Lipinski definition) is 4. The minimum atomic E-state index is -0.452. The molecule has 4 heteroatoms. The van der Waals surface area contributed by atoms with Gasteiger partial charge < -0.3 is 4.74 Å². The molecule has 2 atom stereocenters. The highest BCUT2D eigenvalue weighted by atomic mass is 16.5. The van der Waals surface area contributed by atoms with Gasteiger partial charge in [0.05, 0.1) is 0 Å². The van der Waals surface area contributed by atoms with E-state index in [9.17, 15) is 14.4 Å². The van der Waals surface area contributed by atoms with Crippen LogP contribution in [0.4, 0.5) is 0 Å². The number of carbonyl (C=O) groups is 3. The molecule has 0 amide bonds. The molecule has 0 aromatic rings. The van der Waals surface area contributed by atoms with Crippen LogP contribution in [0.1, 0.15) is 65.2 Å². The van der Waals surface area contributed by atoms with E-state index >= 15 is 0 Å². The van der Waals surface area contributed by atoms with Gasteiger partial charge in [-0.15, -0.1) is 0 Å². The second-order valence-corrected chi connectivity index (χ2v) is 6.76. The van der Waals surface area contributed by atoms with Gasteiger partial charge in [0.15, 0.2) is 11.6 Å². The van der Waals surface area contributed by atoms with Crippen molar-refractivity contribution in [3.8, 4) is 0 Å². The van der Waals surface area contributed by atoms with Crippen LogP contribution in [0.15, 0.2) is 23.3 Å². The van der Waals surface area contributed by atoms with E-state index in [2.05, 4.69) is 0 Å². The van der Waals surface area contributed by atoms with Gasteiger partial charge >= 0.3 is 5.97 Å². The lowest BCUT2D eigenvalue weighted by atomic mass is 9.81. The summed E-state index contributed by atoms with van der Waals surface area (Å²) in [4.78, 5) is 36.0. The molecular weight excluding hydrogens is 292 g/mol. The number of allylic oxidation sites excluding steroid dienone is 3. The minimum Gasteiger partial charge on any atom is -0.461 e. The number of rotatable bonds is 0. The number of esters is 1. The Morgan fingerprint density at radius 3 is 2.43 bits per heavy atom. The summed E-state index contributed by atoms with van der Waals surface area (Å²) in [6.45, 7) is 3.81. The van der Waals surface area contributed by atoms with Crippen molar-refractivity contribution in [2.75, 3.05) is 0 Å². The van der Waals surface area contributed by atoms with Crippen molar-refractivity contribution >= 4 is 17.5 Å². The van der Waals surface area contributed by atoms with Gasteiger partial charge in [0.1, 0.15) is 12.5 Å². The smallest absolute Gasteiger partial charge is 0.313 e. The van der Waals surface area contributed by atoms with Crippen LogP contribution in [-0.4, -0.2) is 23.6 Å². The minimum absolute atomic E-state index is 0.104. The molecule has 0 saturated heterocycles. The van der Waals surface area contributed by atoms with Gasteiger partial charge in [-0.1, -0.05) is 17.6 Å². The Labute approximate surface area is 138 Å². The molecule has 2 aliphatic rings. The predicted molar refractivity (Wildman–Crippen MR) is 87.8 cm³/mol. The summed E-state index contributed by atoms with van der Waals surface area (Å²) in [5.74, 6) is -0.441. The van der Waals surface area contributed by atoms with E-state index in [1.54, 1.807) is 6.08 Å². The highest BCUT2D eigenvalue weighted by Crippen LogP contribution is 2.32. The van der Waals surface area contributed by atoms with Crippen LogP contribution in [-0.2, 0) is 19.1 Å². The lowest BCUT2D eigenvalue weighted by molar-refractivity contribution is -0.153. The number of ether oxygens (including phenoxy) is 1. The summed E-state index contributed by atoms with van der Waals surface area (Å²) in [5, 5.41) is 0. The van der Waals surface area contributed by atoms with Crippen molar-refractivity contribution in [1.29, 1.82) is 0 Å².